The van der Waals surface area contributed by atoms with Crippen LogP contribution in [0.3, 0.4) is 0 Å². The van der Waals surface area contributed by atoms with Gasteiger partial charge in [0.25, 0.3) is 0 Å². The number of carbonyl (C=O) groups is 2. The molecule has 2 fully saturated rings. The molecule has 1 atom stereocenters. The van der Waals surface area contributed by atoms with Crippen LogP contribution in [0.5, 0.6) is 0 Å². The second-order valence-corrected chi connectivity index (χ2v) is 8.44. The van der Waals surface area contributed by atoms with E-state index in [1.165, 1.54) is 4.90 Å². The molecular weight excluding hydrogens is 430 g/mol. The monoisotopic (exact) mass is 455 g/mol. The molecule has 2 aromatic rings. The Hall–Kier alpha value is -2.97. The highest BCUT2D eigenvalue weighted by Gasteiger charge is 2.29. The maximum absolute atomic E-state index is 12.1. The number of amidine groups is 1. The van der Waals surface area contributed by atoms with Gasteiger partial charge < -0.3 is 19.9 Å². The lowest BCUT2D eigenvalue weighted by Gasteiger charge is -2.26. The number of nitrogens with zero attached hydrogens (tertiary/aromatic N) is 4. The zero-order chi connectivity index (χ0) is 22.5. The Balaban J connectivity index is 1.65. The molecular formula is C23H26ClN5O3. The SMILES string of the molecule is CN(c1ncccc1N(C=O)CC(=Nc1cc(Cl)ccc1C1CCOC1)NC=O)C1CC1. The number of nitrogens with one attached hydrogen (secondary N) is 1. The van der Waals surface area contributed by atoms with Crippen molar-refractivity contribution in [1.82, 2.24) is 10.3 Å². The van der Waals surface area contributed by atoms with Gasteiger partial charge in [0.2, 0.25) is 12.8 Å². The second kappa shape index (κ2) is 10.1. The number of rotatable bonds is 9. The summed E-state index contributed by atoms with van der Waals surface area (Å²) in [4.78, 5) is 36.2. The predicted octanol–water partition coefficient (Wildman–Crippen LogP) is 3.28. The van der Waals surface area contributed by atoms with E-state index in [1.54, 1.807) is 18.3 Å². The molecule has 1 saturated carbocycles. The topological polar surface area (TPSA) is 87.1 Å². The second-order valence-electron chi connectivity index (χ2n) is 8.01. The van der Waals surface area contributed by atoms with Crippen LogP contribution in [-0.2, 0) is 14.3 Å². The van der Waals surface area contributed by atoms with Gasteiger partial charge in [-0.3, -0.25) is 9.59 Å². The Morgan fingerprint density at radius 1 is 1.31 bits per heavy atom. The van der Waals surface area contributed by atoms with Crippen LogP contribution in [0.25, 0.3) is 0 Å². The molecule has 2 heterocycles. The number of pyridine rings is 1. The van der Waals surface area contributed by atoms with Crippen LogP contribution in [0.15, 0.2) is 41.5 Å². The van der Waals surface area contributed by atoms with E-state index in [0.29, 0.717) is 47.9 Å². The standard InChI is InChI=1S/C23H26ClN5O3/c1-28(18-5-6-18)23-21(3-2-9-25-23)29(15-31)12-22(26-14-30)27-20-11-17(24)4-7-19(20)16-8-10-32-13-16/h2-4,7,9,11,14-16,18H,5-6,8,10,12-13H2,1H3,(H,26,27,30). The molecule has 2 aliphatic rings. The van der Waals surface area contributed by atoms with Crippen LogP contribution in [0.1, 0.15) is 30.7 Å². The largest absolute Gasteiger partial charge is 0.381 e. The summed E-state index contributed by atoms with van der Waals surface area (Å²) in [5.74, 6) is 1.26. The lowest BCUT2D eigenvalue weighted by Crippen LogP contribution is -2.37. The fourth-order valence-corrected chi connectivity index (χ4v) is 4.09. The summed E-state index contributed by atoms with van der Waals surface area (Å²) in [5, 5.41) is 3.19. The molecule has 2 amide bonds. The van der Waals surface area contributed by atoms with E-state index < -0.39 is 0 Å². The molecule has 1 unspecified atom stereocenters. The normalized spacial score (nSPS) is 18.3. The van der Waals surface area contributed by atoms with E-state index in [2.05, 4.69) is 20.2 Å². The van der Waals surface area contributed by atoms with Crippen molar-refractivity contribution in [3.8, 4) is 0 Å². The molecule has 1 aliphatic carbocycles. The molecule has 8 nitrogen and oxygen atoms in total. The minimum atomic E-state index is 0.0760. The number of hydrogen-bond donors (Lipinski definition) is 1. The number of hydrogen-bond acceptors (Lipinski definition) is 6. The van der Waals surface area contributed by atoms with Crippen molar-refractivity contribution in [3.05, 3.63) is 47.1 Å². The number of aromatic nitrogens is 1. The van der Waals surface area contributed by atoms with Crippen molar-refractivity contribution in [1.29, 1.82) is 0 Å². The number of benzene rings is 1. The average Bonchev–Trinajstić information content (AvgIpc) is 3.51. The summed E-state index contributed by atoms with van der Waals surface area (Å²) >= 11 is 6.23. The number of aliphatic imine (C=N–C) groups is 1. The Morgan fingerprint density at radius 2 is 2.16 bits per heavy atom. The van der Waals surface area contributed by atoms with Crippen molar-refractivity contribution in [3.63, 3.8) is 0 Å². The van der Waals surface area contributed by atoms with Crippen molar-refractivity contribution in [2.45, 2.75) is 31.2 Å². The van der Waals surface area contributed by atoms with Gasteiger partial charge in [-0.2, -0.15) is 0 Å². The van der Waals surface area contributed by atoms with E-state index in [4.69, 9.17) is 16.3 Å². The summed E-state index contributed by atoms with van der Waals surface area (Å²) in [6.45, 7) is 1.40. The molecule has 0 spiro atoms. The summed E-state index contributed by atoms with van der Waals surface area (Å²) < 4.78 is 5.53. The Morgan fingerprint density at radius 3 is 2.84 bits per heavy atom. The molecule has 0 radical (unpaired) electrons. The van der Waals surface area contributed by atoms with E-state index in [-0.39, 0.29) is 12.5 Å². The molecule has 0 bridgehead atoms. The van der Waals surface area contributed by atoms with E-state index in [0.717, 1.165) is 37.1 Å². The molecule has 1 saturated heterocycles. The molecule has 1 aromatic heterocycles. The first-order valence-electron chi connectivity index (χ1n) is 10.7. The van der Waals surface area contributed by atoms with Gasteiger partial charge >= 0.3 is 0 Å². The third kappa shape index (κ3) is 5.08. The third-order valence-corrected chi connectivity index (χ3v) is 6.03. The van der Waals surface area contributed by atoms with Crippen LogP contribution < -0.4 is 15.1 Å². The number of ether oxygens (including phenoxy) is 1. The molecule has 1 N–H and O–H groups in total. The summed E-state index contributed by atoms with van der Waals surface area (Å²) in [6, 6.07) is 9.60. The van der Waals surface area contributed by atoms with Gasteiger partial charge in [0.15, 0.2) is 5.82 Å². The van der Waals surface area contributed by atoms with Crippen molar-refractivity contribution >= 4 is 47.4 Å². The van der Waals surface area contributed by atoms with Crippen LogP contribution in [0.2, 0.25) is 5.02 Å². The average molecular weight is 456 g/mol. The smallest absolute Gasteiger partial charge is 0.214 e. The molecule has 1 aliphatic heterocycles. The van der Waals surface area contributed by atoms with Gasteiger partial charge in [0, 0.05) is 36.8 Å². The number of anilines is 2. The van der Waals surface area contributed by atoms with Crippen molar-refractivity contribution in [2.24, 2.45) is 4.99 Å². The maximum atomic E-state index is 12.1. The summed E-state index contributed by atoms with van der Waals surface area (Å²) in [6.07, 6.45) is 6.11. The van der Waals surface area contributed by atoms with Gasteiger partial charge in [-0.15, -0.1) is 0 Å². The van der Waals surface area contributed by atoms with Crippen LogP contribution in [0, 0.1) is 0 Å². The van der Waals surface area contributed by atoms with E-state index >= 15 is 0 Å². The van der Waals surface area contributed by atoms with Crippen molar-refractivity contribution < 1.29 is 14.3 Å². The highest BCUT2D eigenvalue weighted by molar-refractivity contribution is 6.30. The molecule has 9 heteroatoms. The lowest BCUT2D eigenvalue weighted by atomic mass is 9.97. The van der Waals surface area contributed by atoms with Crippen LogP contribution >= 0.6 is 11.6 Å². The zero-order valence-electron chi connectivity index (χ0n) is 17.9. The minimum absolute atomic E-state index is 0.0760. The van der Waals surface area contributed by atoms with Gasteiger partial charge in [-0.1, -0.05) is 17.7 Å². The van der Waals surface area contributed by atoms with Crippen LogP contribution in [-0.4, -0.2) is 56.5 Å². The van der Waals surface area contributed by atoms with E-state index in [9.17, 15) is 9.59 Å². The quantitative estimate of drug-likeness (QED) is 0.356. The van der Waals surface area contributed by atoms with Gasteiger partial charge in [-0.05, 0) is 49.1 Å². The Kier molecular flexibility index (Phi) is 7.02. The van der Waals surface area contributed by atoms with Crippen LogP contribution in [0.4, 0.5) is 17.2 Å². The number of amides is 2. The maximum Gasteiger partial charge on any atom is 0.214 e. The van der Waals surface area contributed by atoms with Crippen molar-refractivity contribution in [2.75, 3.05) is 36.6 Å². The van der Waals surface area contributed by atoms with Gasteiger partial charge in [-0.25, -0.2) is 9.98 Å². The first kappa shape index (κ1) is 22.2. The number of carbonyl (C=O) groups excluding carboxylic acids is 2. The zero-order valence-corrected chi connectivity index (χ0v) is 18.7. The summed E-state index contributed by atoms with van der Waals surface area (Å²) in [5.41, 5.74) is 2.32. The molecule has 1 aromatic carbocycles. The molecule has 32 heavy (non-hydrogen) atoms. The highest BCUT2D eigenvalue weighted by Crippen LogP contribution is 2.36. The molecule has 4 rings (SSSR count). The predicted molar refractivity (Wildman–Crippen MR) is 125 cm³/mol. The fourth-order valence-electron chi connectivity index (χ4n) is 3.93. The lowest BCUT2D eigenvalue weighted by molar-refractivity contribution is -0.109. The van der Waals surface area contributed by atoms with Gasteiger partial charge in [0.1, 0.15) is 5.84 Å². The van der Waals surface area contributed by atoms with Gasteiger partial charge in [0.05, 0.1) is 24.5 Å². The summed E-state index contributed by atoms with van der Waals surface area (Å²) in [7, 11) is 1.98. The third-order valence-electron chi connectivity index (χ3n) is 5.79. The highest BCUT2D eigenvalue weighted by atomic mass is 35.5. The Labute approximate surface area is 192 Å². The first-order chi connectivity index (χ1) is 15.6. The molecule has 168 valence electrons. The first-order valence-corrected chi connectivity index (χ1v) is 11.0. The number of halogens is 1. The minimum Gasteiger partial charge on any atom is -0.381 e. The Bertz CT molecular complexity index is 1000. The fraction of sp³-hybridized carbons (Fsp3) is 0.391. The van der Waals surface area contributed by atoms with E-state index in [1.807, 2.05) is 25.2 Å².